The lowest BCUT2D eigenvalue weighted by Gasteiger charge is -2.07. The van der Waals surface area contributed by atoms with Gasteiger partial charge in [-0.1, -0.05) is 69.9 Å². The van der Waals surface area contributed by atoms with E-state index in [4.69, 9.17) is 5.11 Å². The number of hydrogen-bond acceptors (Lipinski definition) is 2. The van der Waals surface area contributed by atoms with E-state index >= 15 is 0 Å². The Morgan fingerprint density at radius 3 is 1.81 bits per heavy atom. The first-order valence-electron chi connectivity index (χ1n) is 7.35. The molecule has 0 heterocycles. The monoisotopic (exact) mass is 312 g/mol. The van der Waals surface area contributed by atoms with Crippen molar-refractivity contribution < 1.29 is 9.90 Å². The third-order valence-corrected chi connectivity index (χ3v) is 2.59. The zero-order chi connectivity index (χ0) is 17.6. The van der Waals surface area contributed by atoms with Crippen molar-refractivity contribution in [1.82, 2.24) is 0 Å². The molecule has 0 aliphatic carbocycles. The Hall–Kier alpha value is -1.14. The Kier molecular flexibility index (Phi) is 16.4. The SMILES string of the molecule is C=C(C#CC(C)(C)C)SC(C(=O)O)=C(C)C.CC.CCC. The normalized spacial score (nSPS) is 8.81. The van der Waals surface area contributed by atoms with Crippen molar-refractivity contribution in [3.05, 3.63) is 22.0 Å². The summed E-state index contributed by atoms with van der Waals surface area (Å²) in [5, 5.41) is 8.95. The van der Waals surface area contributed by atoms with Crippen LogP contribution in [0.25, 0.3) is 0 Å². The van der Waals surface area contributed by atoms with Gasteiger partial charge in [-0.25, -0.2) is 4.79 Å². The van der Waals surface area contributed by atoms with Crippen molar-refractivity contribution in [2.45, 2.75) is 68.7 Å². The van der Waals surface area contributed by atoms with E-state index in [1.807, 2.05) is 34.6 Å². The fourth-order valence-electron chi connectivity index (χ4n) is 0.766. The molecule has 1 N–H and O–H groups in total. The standard InChI is InChI=1S/C13H18O2S.C3H8.C2H6/c1-9(2)11(12(14)15)16-10(3)7-8-13(4,5)6;1-3-2;1-2/h3H2,1-2,4-6H3,(H,14,15);3H2,1-2H3;1-2H3. The van der Waals surface area contributed by atoms with Crippen molar-refractivity contribution in [2.24, 2.45) is 5.41 Å². The molecule has 21 heavy (non-hydrogen) atoms. The summed E-state index contributed by atoms with van der Waals surface area (Å²) in [6.07, 6.45) is 1.25. The van der Waals surface area contributed by atoms with E-state index in [-0.39, 0.29) is 5.41 Å². The van der Waals surface area contributed by atoms with Crippen LogP contribution in [0.1, 0.15) is 68.7 Å². The minimum atomic E-state index is -0.927. The zero-order valence-corrected chi connectivity index (χ0v) is 16.0. The lowest BCUT2D eigenvalue weighted by molar-refractivity contribution is -0.131. The molecule has 0 fully saturated rings. The molecule has 0 radical (unpaired) electrons. The van der Waals surface area contributed by atoms with Gasteiger partial charge in [0.2, 0.25) is 0 Å². The number of aliphatic carboxylic acids is 1. The maximum Gasteiger partial charge on any atom is 0.342 e. The molecule has 0 saturated heterocycles. The van der Waals surface area contributed by atoms with Crippen LogP contribution in [0.15, 0.2) is 22.0 Å². The second-order valence-corrected chi connectivity index (χ2v) is 6.47. The van der Waals surface area contributed by atoms with Gasteiger partial charge in [0, 0.05) is 5.41 Å². The minimum absolute atomic E-state index is 0.0993. The van der Waals surface area contributed by atoms with Crippen molar-refractivity contribution >= 4 is 17.7 Å². The number of carboxylic acids is 1. The van der Waals surface area contributed by atoms with Crippen LogP contribution in [0.5, 0.6) is 0 Å². The van der Waals surface area contributed by atoms with E-state index in [0.29, 0.717) is 9.81 Å². The summed E-state index contributed by atoms with van der Waals surface area (Å²) in [5.41, 5.74) is 0.661. The maximum atomic E-state index is 10.9. The van der Waals surface area contributed by atoms with Gasteiger partial charge >= 0.3 is 5.97 Å². The highest BCUT2D eigenvalue weighted by Crippen LogP contribution is 2.26. The summed E-state index contributed by atoms with van der Waals surface area (Å²) in [4.78, 5) is 11.8. The molecule has 0 bridgehead atoms. The number of allylic oxidation sites excluding steroid dienone is 2. The van der Waals surface area contributed by atoms with Gasteiger partial charge in [-0.2, -0.15) is 0 Å². The Morgan fingerprint density at radius 1 is 1.19 bits per heavy atom. The smallest absolute Gasteiger partial charge is 0.342 e. The van der Waals surface area contributed by atoms with Crippen LogP contribution in [-0.4, -0.2) is 11.1 Å². The maximum absolute atomic E-state index is 10.9. The van der Waals surface area contributed by atoms with E-state index in [2.05, 4.69) is 32.3 Å². The van der Waals surface area contributed by atoms with Gasteiger partial charge in [-0.3, -0.25) is 0 Å². The molecule has 0 aromatic rings. The zero-order valence-electron chi connectivity index (χ0n) is 15.2. The quantitative estimate of drug-likeness (QED) is 0.505. The van der Waals surface area contributed by atoms with Crippen molar-refractivity contribution in [3.8, 4) is 11.8 Å². The Balaban J connectivity index is -0.000000569. The van der Waals surface area contributed by atoms with Crippen molar-refractivity contribution in [3.63, 3.8) is 0 Å². The van der Waals surface area contributed by atoms with Crippen LogP contribution >= 0.6 is 11.8 Å². The van der Waals surface area contributed by atoms with Crippen LogP contribution in [0.4, 0.5) is 0 Å². The van der Waals surface area contributed by atoms with Crippen LogP contribution in [0.2, 0.25) is 0 Å². The van der Waals surface area contributed by atoms with Crippen molar-refractivity contribution in [2.75, 3.05) is 0 Å². The minimum Gasteiger partial charge on any atom is -0.477 e. The molecule has 0 aliphatic rings. The van der Waals surface area contributed by atoms with Crippen LogP contribution < -0.4 is 0 Å². The Morgan fingerprint density at radius 2 is 1.57 bits per heavy atom. The fraction of sp³-hybridized carbons (Fsp3) is 0.611. The third-order valence-electron chi connectivity index (χ3n) is 1.45. The third kappa shape index (κ3) is 18.9. The van der Waals surface area contributed by atoms with Gasteiger partial charge in [0.15, 0.2) is 0 Å². The molecular formula is C18H32O2S. The Bertz CT molecular complexity index is 397. The molecule has 0 unspecified atom stereocenters. The van der Waals surface area contributed by atoms with Crippen LogP contribution in [0, 0.1) is 17.3 Å². The van der Waals surface area contributed by atoms with Crippen molar-refractivity contribution in [1.29, 1.82) is 0 Å². The second kappa shape index (κ2) is 13.8. The molecular weight excluding hydrogens is 280 g/mol. The molecule has 0 amide bonds. The topological polar surface area (TPSA) is 37.3 Å². The first-order valence-corrected chi connectivity index (χ1v) is 8.17. The molecule has 0 saturated carbocycles. The number of carboxylic acid groups (broad SMARTS) is 1. The van der Waals surface area contributed by atoms with E-state index in [1.54, 1.807) is 13.8 Å². The van der Waals surface area contributed by atoms with E-state index < -0.39 is 5.97 Å². The molecule has 122 valence electrons. The summed E-state index contributed by atoms with van der Waals surface area (Å²) in [7, 11) is 0. The first kappa shape index (κ1) is 24.9. The number of rotatable bonds is 3. The highest BCUT2D eigenvalue weighted by Gasteiger charge is 2.11. The lowest BCUT2D eigenvalue weighted by Crippen LogP contribution is -2.00. The van der Waals surface area contributed by atoms with E-state index in [9.17, 15) is 4.79 Å². The van der Waals surface area contributed by atoms with Crippen LogP contribution in [-0.2, 0) is 4.79 Å². The second-order valence-electron chi connectivity index (χ2n) is 5.37. The molecule has 0 aliphatic heterocycles. The largest absolute Gasteiger partial charge is 0.477 e. The highest BCUT2D eigenvalue weighted by molar-refractivity contribution is 8.07. The molecule has 0 aromatic carbocycles. The van der Waals surface area contributed by atoms with Gasteiger partial charge in [0.1, 0.15) is 0 Å². The predicted molar refractivity (Wildman–Crippen MR) is 97.3 cm³/mol. The van der Waals surface area contributed by atoms with Gasteiger partial charge < -0.3 is 5.11 Å². The summed E-state index contributed by atoms with van der Waals surface area (Å²) < 4.78 is 0. The molecule has 0 aromatic heterocycles. The van der Waals surface area contributed by atoms with Crippen LogP contribution in [0.3, 0.4) is 0 Å². The molecule has 3 heteroatoms. The molecule has 0 rings (SSSR count). The molecule has 0 spiro atoms. The van der Waals surface area contributed by atoms with Gasteiger partial charge in [0.25, 0.3) is 0 Å². The van der Waals surface area contributed by atoms with E-state index in [1.165, 1.54) is 6.42 Å². The summed E-state index contributed by atoms with van der Waals surface area (Å²) in [6.45, 7) is 21.5. The van der Waals surface area contributed by atoms with Gasteiger partial charge in [0.05, 0.1) is 9.81 Å². The average molecular weight is 313 g/mol. The molecule has 2 nitrogen and oxygen atoms in total. The first-order chi connectivity index (χ1) is 9.55. The Labute approximate surface area is 136 Å². The average Bonchev–Trinajstić information content (AvgIpc) is 2.35. The number of hydrogen-bond donors (Lipinski definition) is 1. The summed E-state index contributed by atoms with van der Waals surface area (Å²) in [6, 6.07) is 0. The van der Waals surface area contributed by atoms with Gasteiger partial charge in [-0.15, -0.1) is 0 Å². The van der Waals surface area contributed by atoms with Gasteiger partial charge in [-0.05, 0) is 34.6 Å². The molecule has 0 atom stereocenters. The summed E-state index contributed by atoms with van der Waals surface area (Å²) >= 11 is 1.11. The highest BCUT2D eigenvalue weighted by atomic mass is 32.2. The summed E-state index contributed by atoms with van der Waals surface area (Å²) in [5.74, 6) is 4.98. The lowest BCUT2D eigenvalue weighted by atomic mass is 9.98. The number of carbonyl (C=O) groups is 1. The fourth-order valence-corrected chi connectivity index (χ4v) is 1.41. The predicted octanol–water partition coefficient (Wildman–Crippen LogP) is 6.10. The number of thioether (sulfide) groups is 1. The van der Waals surface area contributed by atoms with E-state index in [0.717, 1.165) is 17.3 Å².